The summed E-state index contributed by atoms with van der Waals surface area (Å²) in [5, 5.41) is 14.7. The van der Waals surface area contributed by atoms with Crippen molar-refractivity contribution in [1.82, 2.24) is 30.3 Å². The third-order valence-corrected chi connectivity index (χ3v) is 4.92. The van der Waals surface area contributed by atoms with Crippen molar-refractivity contribution in [1.29, 1.82) is 0 Å². The topological polar surface area (TPSA) is 70.4 Å². The number of likely N-dealkylation sites (tertiary alicyclic amines) is 1. The van der Waals surface area contributed by atoms with Crippen LogP contribution in [0.4, 0.5) is 0 Å². The van der Waals surface area contributed by atoms with Crippen molar-refractivity contribution in [2.24, 2.45) is 4.99 Å². The summed E-state index contributed by atoms with van der Waals surface area (Å²) in [6.45, 7) is 5.12. The molecule has 0 aliphatic carbocycles. The van der Waals surface area contributed by atoms with Crippen molar-refractivity contribution < 1.29 is 0 Å². The van der Waals surface area contributed by atoms with Crippen LogP contribution >= 0.6 is 0 Å². The van der Waals surface area contributed by atoms with Gasteiger partial charge in [0.1, 0.15) is 12.7 Å². The number of benzene rings is 1. The fourth-order valence-corrected chi connectivity index (χ4v) is 3.51. The molecule has 1 aromatic carbocycles. The number of aromatic nitrogens is 3. The second-order valence-corrected chi connectivity index (χ2v) is 7.11. The average molecular weight is 370 g/mol. The molecule has 1 aliphatic heterocycles. The molecule has 27 heavy (non-hydrogen) atoms. The molecule has 1 aliphatic rings. The van der Waals surface area contributed by atoms with Crippen molar-refractivity contribution >= 4 is 5.96 Å². The summed E-state index contributed by atoms with van der Waals surface area (Å²) < 4.78 is 2.01. The molecule has 2 aromatic rings. The van der Waals surface area contributed by atoms with Gasteiger partial charge in [-0.05, 0) is 37.8 Å². The summed E-state index contributed by atoms with van der Waals surface area (Å²) in [5.41, 5.74) is 1.38. The largest absolute Gasteiger partial charge is 0.356 e. The zero-order valence-electron chi connectivity index (χ0n) is 16.2. The van der Waals surface area contributed by atoms with Crippen LogP contribution < -0.4 is 10.6 Å². The first-order valence-corrected chi connectivity index (χ1v) is 9.89. The SMILES string of the molecule is CN=C(NCCCCn1cnnc1)NC1CCCN(Cc2ccccc2)C1. The number of hydrogen-bond donors (Lipinski definition) is 2. The first-order valence-electron chi connectivity index (χ1n) is 9.89. The van der Waals surface area contributed by atoms with Gasteiger partial charge < -0.3 is 15.2 Å². The number of unbranched alkanes of at least 4 members (excludes halogenated alkanes) is 1. The minimum Gasteiger partial charge on any atom is -0.356 e. The highest BCUT2D eigenvalue weighted by Gasteiger charge is 2.20. The first kappa shape index (κ1) is 19.4. The predicted molar refractivity (Wildman–Crippen MR) is 108 cm³/mol. The lowest BCUT2D eigenvalue weighted by molar-refractivity contribution is 0.192. The Morgan fingerprint density at radius 1 is 1.19 bits per heavy atom. The lowest BCUT2D eigenvalue weighted by Gasteiger charge is -2.34. The van der Waals surface area contributed by atoms with E-state index in [-0.39, 0.29) is 0 Å². The van der Waals surface area contributed by atoms with Gasteiger partial charge in [0, 0.05) is 39.3 Å². The average Bonchev–Trinajstić information content (AvgIpc) is 3.21. The van der Waals surface area contributed by atoms with Crippen molar-refractivity contribution in [3.63, 3.8) is 0 Å². The fourth-order valence-electron chi connectivity index (χ4n) is 3.51. The van der Waals surface area contributed by atoms with Gasteiger partial charge in [-0.2, -0.15) is 0 Å². The van der Waals surface area contributed by atoms with Crippen LogP contribution in [0.2, 0.25) is 0 Å². The number of rotatable bonds is 8. The number of nitrogens with zero attached hydrogens (tertiary/aromatic N) is 5. The van der Waals surface area contributed by atoms with E-state index < -0.39 is 0 Å². The van der Waals surface area contributed by atoms with Crippen molar-refractivity contribution in [2.45, 2.75) is 44.8 Å². The van der Waals surface area contributed by atoms with Gasteiger partial charge in [-0.3, -0.25) is 9.89 Å². The van der Waals surface area contributed by atoms with Crippen LogP contribution in [-0.2, 0) is 13.1 Å². The van der Waals surface area contributed by atoms with E-state index in [9.17, 15) is 0 Å². The Bertz CT molecular complexity index is 669. The Kier molecular flexibility index (Phi) is 7.65. The van der Waals surface area contributed by atoms with E-state index in [0.717, 1.165) is 45.0 Å². The number of hydrogen-bond acceptors (Lipinski definition) is 4. The van der Waals surface area contributed by atoms with Gasteiger partial charge >= 0.3 is 0 Å². The van der Waals surface area contributed by atoms with Crippen molar-refractivity contribution in [3.05, 3.63) is 48.5 Å². The fraction of sp³-hybridized carbons (Fsp3) is 0.550. The highest BCUT2D eigenvalue weighted by atomic mass is 15.2. The molecule has 3 rings (SSSR count). The number of guanidine groups is 1. The molecule has 0 bridgehead atoms. The van der Waals surface area contributed by atoms with Crippen LogP contribution in [0.15, 0.2) is 48.0 Å². The van der Waals surface area contributed by atoms with Gasteiger partial charge in [0.15, 0.2) is 5.96 Å². The molecule has 2 heterocycles. The Hall–Kier alpha value is -2.41. The van der Waals surface area contributed by atoms with E-state index in [1.165, 1.54) is 24.9 Å². The smallest absolute Gasteiger partial charge is 0.191 e. The number of piperidine rings is 1. The molecule has 7 nitrogen and oxygen atoms in total. The molecule has 1 unspecified atom stereocenters. The second-order valence-electron chi connectivity index (χ2n) is 7.11. The monoisotopic (exact) mass is 369 g/mol. The molecule has 1 atom stereocenters. The quantitative estimate of drug-likeness (QED) is 0.422. The summed E-state index contributed by atoms with van der Waals surface area (Å²) >= 11 is 0. The third-order valence-electron chi connectivity index (χ3n) is 4.92. The van der Waals surface area contributed by atoms with Gasteiger partial charge in [-0.25, -0.2) is 0 Å². The molecule has 0 radical (unpaired) electrons. The maximum atomic E-state index is 4.39. The van der Waals surface area contributed by atoms with E-state index in [4.69, 9.17) is 0 Å². The molecule has 1 fully saturated rings. The van der Waals surface area contributed by atoms with E-state index in [2.05, 4.69) is 61.1 Å². The summed E-state index contributed by atoms with van der Waals surface area (Å²) in [7, 11) is 1.84. The molecule has 1 saturated heterocycles. The van der Waals surface area contributed by atoms with Crippen LogP contribution in [0.1, 0.15) is 31.2 Å². The lowest BCUT2D eigenvalue weighted by atomic mass is 10.0. The highest BCUT2D eigenvalue weighted by molar-refractivity contribution is 5.79. The summed E-state index contributed by atoms with van der Waals surface area (Å²) in [6.07, 6.45) is 8.12. The summed E-state index contributed by atoms with van der Waals surface area (Å²) in [4.78, 5) is 6.92. The maximum absolute atomic E-state index is 4.39. The number of aliphatic imine (C=N–C) groups is 1. The molecule has 0 saturated carbocycles. The summed E-state index contributed by atoms with van der Waals surface area (Å²) in [5.74, 6) is 0.908. The van der Waals surface area contributed by atoms with E-state index in [0.29, 0.717) is 6.04 Å². The maximum Gasteiger partial charge on any atom is 0.191 e. The number of aryl methyl sites for hydroxylation is 1. The van der Waals surface area contributed by atoms with Crippen LogP contribution in [0.5, 0.6) is 0 Å². The van der Waals surface area contributed by atoms with Gasteiger partial charge in [-0.1, -0.05) is 30.3 Å². The molecule has 0 amide bonds. The van der Waals surface area contributed by atoms with Crippen molar-refractivity contribution in [3.8, 4) is 0 Å². The van der Waals surface area contributed by atoms with E-state index >= 15 is 0 Å². The Morgan fingerprint density at radius 3 is 2.78 bits per heavy atom. The van der Waals surface area contributed by atoms with Gasteiger partial charge in [-0.15, -0.1) is 10.2 Å². The third kappa shape index (κ3) is 6.67. The van der Waals surface area contributed by atoms with Gasteiger partial charge in [0.05, 0.1) is 0 Å². The molecule has 1 aromatic heterocycles. The van der Waals surface area contributed by atoms with Crippen LogP contribution in [0, 0.1) is 0 Å². The molecular weight excluding hydrogens is 338 g/mol. The van der Waals surface area contributed by atoms with Crippen LogP contribution in [0.25, 0.3) is 0 Å². The molecule has 0 spiro atoms. The zero-order valence-corrected chi connectivity index (χ0v) is 16.2. The Labute approximate surface area is 161 Å². The predicted octanol–water partition coefficient (Wildman–Crippen LogP) is 1.89. The van der Waals surface area contributed by atoms with Gasteiger partial charge in [0.2, 0.25) is 0 Å². The van der Waals surface area contributed by atoms with Crippen LogP contribution in [0.3, 0.4) is 0 Å². The molecule has 2 N–H and O–H groups in total. The normalized spacial score (nSPS) is 18.4. The van der Waals surface area contributed by atoms with Gasteiger partial charge in [0.25, 0.3) is 0 Å². The molecule has 7 heteroatoms. The minimum absolute atomic E-state index is 0.450. The zero-order chi connectivity index (χ0) is 18.7. The van der Waals surface area contributed by atoms with Crippen molar-refractivity contribution in [2.75, 3.05) is 26.7 Å². The molecule has 146 valence electrons. The van der Waals surface area contributed by atoms with E-state index in [1.807, 2.05) is 11.6 Å². The Balaban J connectivity index is 1.35. The highest BCUT2D eigenvalue weighted by Crippen LogP contribution is 2.13. The first-order chi connectivity index (χ1) is 13.3. The van der Waals surface area contributed by atoms with Crippen LogP contribution in [-0.4, -0.2) is 58.3 Å². The van der Waals surface area contributed by atoms with E-state index in [1.54, 1.807) is 12.7 Å². The second kappa shape index (κ2) is 10.7. The summed E-state index contributed by atoms with van der Waals surface area (Å²) in [6, 6.07) is 11.2. The standard InChI is InChI=1S/C20H31N7/c1-21-20(22-11-5-6-12-27-16-23-24-17-27)25-19-10-7-13-26(15-19)14-18-8-3-2-4-9-18/h2-4,8-9,16-17,19H,5-7,10-15H2,1H3,(H2,21,22,25). The number of nitrogens with one attached hydrogen (secondary N) is 2. The molecular formula is C20H31N7. The Morgan fingerprint density at radius 2 is 2.00 bits per heavy atom. The lowest BCUT2D eigenvalue weighted by Crippen LogP contribution is -2.51. The minimum atomic E-state index is 0.450.